The number of hydrogen-bond donors (Lipinski definition) is 4. The number of ether oxygens (including phenoxy) is 3. The van der Waals surface area contributed by atoms with Crippen molar-refractivity contribution in [2.75, 3.05) is 39.5 Å². The van der Waals surface area contributed by atoms with Gasteiger partial charge in [0.1, 0.15) is 18.1 Å². The smallest absolute Gasteiger partial charge is 0.407 e. The van der Waals surface area contributed by atoms with Crippen molar-refractivity contribution in [3.05, 3.63) is 89.4 Å². The fraction of sp³-hybridized carbons (Fsp3) is 0.550. The van der Waals surface area contributed by atoms with E-state index in [1.54, 1.807) is 12.1 Å². The van der Waals surface area contributed by atoms with Gasteiger partial charge >= 0.3 is 6.09 Å². The molecular weight excluding hydrogens is 650 g/mol. The van der Waals surface area contributed by atoms with Gasteiger partial charge in [-0.2, -0.15) is 0 Å². The largest absolute Gasteiger partial charge is 0.492 e. The average molecular weight is 704 g/mol. The Labute approximate surface area is 300 Å². The highest BCUT2D eigenvalue weighted by molar-refractivity contribution is 5.80. The maximum Gasteiger partial charge on any atom is 0.407 e. The van der Waals surface area contributed by atoms with Crippen molar-refractivity contribution in [1.82, 2.24) is 15.5 Å². The van der Waals surface area contributed by atoms with Crippen LogP contribution < -0.4 is 15.4 Å². The van der Waals surface area contributed by atoms with Gasteiger partial charge in [0, 0.05) is 32.0 Å². The first-order chi connectivity index (χ1) is 24.9. The number of aliphatic hydroxyl groups excluding tert-OH is 2. The number of amides is 2. The topological polar surface area (TPSA) is 143 Å². The third-order valence-corrected chi connectivity index (χ3v) is 10.6. The SMILES string of the molecule is O=C(NC(CC1CCCCC1)C(O)CC(Cc1ccc(OCCN2CCOCC2)cc1)C(=O)N[C@H]1c2ccccc2C[C@@H]1O)OCc1ccco1. The van der Waals surface area contributed by atoms with Gasteiger partial charge in [-0.15, -0.1) is 0 Å². The van der Waals surface area contributed by atoms with Crippen molar-refractivity contribution in [2.24, 2.45) is 11.8 Å². The first kappa shape index (κ1) is 36.9. The molecule has 0 radical (unpaired) electrons. The maximum absolute atomic E-state index is 14.1. The zero-order valence-corrected chi connectivity index (χ0v) is 29.4. The van der Waals surface area contributed by atoms with Crippen LogP contribution >= 0.6 is 0 Å². The molecule has 3 aromatic rings. The summed E-state index contributed by atoms with van der Waals surface area (Å²) in [5.74, 6) is 0.747. The standard InChI is InChI=1S/C40H53N3O8/c44-36(35(24-28-7-2-1-3-8-28)41-40(47)51-27-33-10-6-19-49-33)26-31(39(46)42-38-34-11-5-4-9-30(34)25-37(38)45)23-29-12-14-32(15-13-29)50-22-18-43-16-20-48-21-17-43/h4-6,9-15,19,28,31,35-38,44-45H,1-3,7-8,16-18,20-27H2,(H,41,47)(H,42,46)/t31?,35?,36?,37-,38-/m0/s1. The van der Waals surface area contributed by atoms with E-state index in [-0.39, 0.29) is 18.9 Å². The maximum atomic E-state index is 14.1. The third kappa shape index (κ3) is 10.8. The van der Waals surface area contributed by atoms with E-state index in [0.717, 1.165) is 81.0 Å². The number of morpholine rings is 1. The Hall–Kier alpha value is -3.90. The van der Waals surface area contributed by atoms with Gasteiger partial charge in [0.05, 0.1) is 43.8 Å². The summed E-state index contributed by atoms with van der Waals surface area (Å²) >= 11 is 0. The number of alkyl carbamates (subject to hydrolysis) is 1. The van der Waals surface area contributed by atoms with Gasteiger partial charge in [0.25, 0.3) is 0 Å². The average Bonchev–Trinajstić information content (AvgIpc) is 3.79. The van der Waals surface area contributed by atoms with Crippen molar-refractivity contribution >= 4 is 12.0 Å². The molecule has 1 aromatic heterocycles. The van der Waals surface area contributed by atoms with Crippen molar-refractivity contribution in [2.45, 2.75) is 88.7 Å². The molecule has 3 aliphatic rings. The summed E-state index contributed by atoms with van der Waals surface area (Å²) in [6.07, 6.45) is 6.19. The van der Waals surface area contributed by atoms with Gasteiger partial charge in [0.15, 0.2) is 6.61 Å². The molecule has 0 spiro atoms. The van der Waals surface area contributed by atoms with E-state index in [9.17, 15) is 19.8 Å². The number of carbonyl (C=O) groups excluding carboxylic acids is 2. The van der Waals surface area contributed by atoms with Crippen molar-refractivity contribution < 1.29 is 38.4 Å². The van der Waals surface area contributed by atoms with Crippen molar-refractivity contribution in [3.63, 3.8) is 0 Å². The molecule has 1 saturated carbocycles. The fourth-order valence-electron chi connectivity index (χ4n) is 7.70. The molecule has 3 unspecified atom stereocenters. The number of aliphatic hydroxyl groups is 2. The van der Waals surface area contributed by atoms with Gasteiger partial charge in [-0.25, -0.2) is 4.79 Å². The Bertz CT molecular complexity index is 1500. The number of rotatable bonds is 16. The van der Waals surface area contributed by atoms with Crippen LogP contribution in [0, 0.1) is 11.8 Å². The molecule has 11 heteroatoms. The van der Waals surface area contributed by atoms with E-state index in [1.165, 1.54) is 12.7 Å². The lowest BCUT2D eigenvalue weighted by Crippen LogP contribution is -2.47. The lowest BCUT2D eigenvalue weighted by molar-refractivity contribution is -0.127. The van der Waals surface area contributed by atoms with Gasteiger partial charge < -0.3 is 39.5 Å². The molecule has 2 amide bonds. The Morgan fingerprint density at radius 3 is 2.53 bits per heavy atom. The van der Waals surface area contributed by atoms with E-state index in [0.29, 0.717) is 37.5 Å². The quantitative estimate of drug-likeness (QED) is 0.163. The minimum atomic E-state index is -1.01. The minimum Gasteiger partial charge on any atom is -0.492 e. The highest BCUT2D eigenvalue weighted by atomic mass is 16.6. The first-order valence-corrected chi connectivity index (χ1v) is 18.6. The van der Waals surface area contributed by atoms with Crippen LogP contribution in [0.25, 0.3) is 0 Å². The summed E-state index contributed by atoms with van der Waals surface area (Å²) in [4.78, 5) is 29.4. The molecule has 2 heterocycles. The molecule has 1 aliphatic heterocycles. The molecule has 1 saturated heterocycles. The van der Waals surface area contributed by atoms with E-state index in [4.69, 9.17) is 18.6 Å². The molecule has 0 bridgehead atoms. The Balaban J connectivity index is 1.14. The molecule has 5 atom stereocenters. The van der Waals surface area contributed by atoms with Crippen LogP contribution in [0.1, 0.15) is 73.4 Å². The molecular formula is C40H53N3O8. The summed E-state index contributed by atoms with van der Waals surface area (Å²) < 4.78 is 22.2. The molecule has 276 valence electrons. The van der Waals surface area contributed by atoms with Crippen molar-refractivity contribution in [1.29, 1.82) is 0 Å². The van der Waals surface area contributed by atoms with Crippen LogP contribution in [0.3, 0.4) is 0 Å². The molecule has 6 rings (SSSR count). The number of benzene rings is 2. The molecule has 2 aliphatic carbocycles. The van der Waals surface area contributed by atoms with Crippen LogP contribution in [-0.4, -0.2) is 84.8 Å². The zero-order chi connectivity index (χ0) is 35.4. The number of nitrogens with one attached hydrogen (secondary N) is 2. The summed E-state index contributed by atoms with van der Waals surface area (Å²) in [5.41, 5.74) is 2.85. The van der Waals surface area contributed by atoms with Crippen LogP contribution in [0.2, 0.25) is 0 Å². The van der Waals surface area contributed by atoms with E-state index >= 15 is 0 Å². The second-order valence-corrected chi connectivity index (χ2v) is 14.3. The number of furan rings is 1. The summed E-state index contributed by atoms with van der Waals surface area (Å²) in [6.45, 7) is 4.69. The predicted molar refractivity (Wildman–Crippen MR) is 191 cm³/mol. The summed E-state index contributed by atoms with van der Waals surface area (Å²) in [5, 5.41) is 28.8. The minimum absolute atomic E-state index is 0.0196. The Kier molecular flexibility index (Phi) is 13.4. The van der Waals surface area contributed by atoms with Crippen LogP contribution in [0.4, 0.5) is 4.79 Å². The van der Waals surface area contributed by atoms with Gasteiger partial charge in [-0.1, -0.05) is 68.5 Å². The van der Waals surface area contributed by atoms with Crippen molar-refractivity contribution in [3.8, 4) is 5.75 Å². The first-order valence-electron chi connectivity index (χ1n) is 18.6. The molecule has 2 fully saturated rings. The Morgan fingerprint density at radius 2 is 1.76 bits per heavy atom. The zero-order valence-electron chi connectivity index (χ0n) is 29.4. The fourth-order valence-corrected chi connectivity index (χ4v) is 7.70. The second kappa shape index (κ2) is 18.5. The van der Waals surface area contributed by atoms with E-state index < -0.39 is 36.3 Å². The van der Waals surface area contributed by atoms with E-state index in [2.05, 4.69) is 15.5 Å². The predicted octanol–water partition coefficient (Wildman–Crippen LogP) is 4.94. The number of carbonyl (C=O) groups is 2. The van der Waals surface area contributed by atoms with E-state index in [1.807, 2.05) is 48.5 Å². The normalized spacial score (nSPS) is 21.3. The molecule has 4 N–H and O–H groups in total. The van der Waals surface area contributed by atoms with Gasteiger partial charge in [-0.3, -0.25) is 9.69 Å². The second-order valence-electron chi connectivity index (χ2n) is 14.3. The van der Waals surface area contributed by atoms with Gasteiger partial charge in [0.2, 0.25) is 5.91 Å². The number of nitrogens with zero attached hydrogens (tertiary/aromatic N) is 1. The van der Waals surface area contributed by atoms with Crippen LogP contribution in [-0.2, 0) is 33.7 Å². The highest BCUT2D eigenvalue weighted by Gasteiger charge is 2.36. The summed E-state index contributed by atoms with van der Waals surface area (Å²) in [7, 11) is 0. The highest BCUT2D eigenvalue weighted by Crippen LogP contribution is 2.33. The lowest BCUT2D eigenvalue weighted by Gasteiger charge is -2.32. The van der Waals surface area contributed by atoms with Crippen LogP contribution in [0.15, 0.2) is 71.3 Å². The number of fused-ring (bicyclic) bond motifs is 1. The Morgan fingerprint density at radius 1 is 0.980 bits per heavy atom. The van der Waals surface area contributed by atoms with Gasteiger partial charge in [-0.05, 0) is 66.1 Å². The summed E-state index contributed by atoms with van der Waals surface area (Å²) in [6, 6.07) is 17.8. The molecule has 11 nitrogen and oxygen atoms in total. The third-order valence-electron chi connectivity index (χ3n) is 10.6. The molecule has 2 aromatic carbocycles. The lowest BCUT2D eigenvalue weighted by atomic mass is 9.82. The van der Waals surface area contributed by atoms with Crippen LogP contribution in [0.5, 0.6) is 5.75 Å². The molecule has 51 heavy (non-hydrogen) atoms. The number of hydrogen-bond acceptors (Lipinski definition) is 9. The monoisotopic (exact) mass is 703 g/mol.